The number of hydrogen-bond acceptors (Lipinski definition) is 4. The fraction of sp³-hybridized carbons (Fsp3) is 0.700. The van der Waals surface area contributed by atoms with Gasteiger partial charge in [-0.2, -0.15) is 4.37 Å². The summed E-state index contributed by atoms with van der Waals surface area (Å²) in [7, 11) is 0. The Labute approximate surface area is 89.9 Å². The fourth-order valence-electron chi connectivity index (χ4n) is 0.891. The summed E-state index contributed by atoms with van der Waals surface area (Å²) < 4.78 is 4.02. The Balaban J connectivity index is 2.48. The SMILES string of the molecule is CC(C)C(C)(C)CNc1cc(N)ns1. The first kappa shape index (κ1) is 11.3. The monoisotopic (exact) mass is 213 g/mol. The molecule has 14 heavy (non-hydrogen) atoms. The molecule has 0 spiro atoms. The van der Waals surface area contributed by atoms with Crippen molar-refractivity contribution in [2.75, 3.05) is 17.6 Å². The summed E-state index contributed by atoms with van der Waals surface area (Å²) in [6, 6.07) is 1.88. The summed E-state index contributed by atoms with van der Waals surface area (Å²) in [6.07, 6.45) is 0. The van der Waals surface area contributed by atoms with Crippen molar-refractivity contribution in [2.45, 2.75) is 27.7 Å². The van der Waals surface area contributed by atoms with Crippen LogP contribution in [-0.2, 0) is 0 Å². The van der Waals surface area contributed by atoms with Crippen LogP contribution in [0.5, 0.6) is 0 Å². The van der Waals surface area contributed by atoms with Gasteiger partial charge < -0.3 is 11.1 Å². The standard InChI is InChI=1S/C10H19N3S/c1-7(2)10(3,4)6-12-9-5-8(11)13-14-9/h5,7,12H,6H2,1-4H3,(H2,11,13). The van der Waals surface area contributed by atoms with Crippen LogP contribution in [-0.4, -0.2) is 10.9 Å². The molecule has 1 aromatic heterocycles. The summed E-state index contributed by atoms with van der Waals surface area (Å²) in [5.74, 6) is 1.25. The first-order chi connectivity index (χ1) is 6.42. The van der Waals surface area contributed by atoms with Crippen molar-refractivity contribution in [3.63, 3.8) is 0 Å². The summed E-state index contributed by atoms with van der Waals surface area (Å²) >= 11 is 1.42. The van der Waals surface area contributed by atoms with E-state index in [2.05, 4.69) is 37.4 Å². The van der Waals surface area contributed by atoms with Crippen LogP contribution in [0.15, 0.2) is 6.07 Å². The molecule has 0 amide bonds. The number of nitrogens with two attached hydrogens (primary N) is 1. The first-order valence-electron chi connectivity index (χ1n) is 4.88. The zero-order valence-electron chi connectivity index (χ0n) is 9.29. The van der Waals surface area contributed by atoms with E-state index in [1.165, 1.54) is 11.5 Å². The minimum Gasteiger partial charge on any atom is -0.383 e. The smallest absolute Gasteiger partial charge is 0.139 e. The summed E-state index contributed by atoms with van der Waals surface area (Å²) in [4.78, 5) is 0. The number of anilines is 2. The van der Waals surface area contributed by atoms with Gasteiger partial charge in [-0.3, -0.25) is 0 Å². The van der Waals surface area contributed by atoms with Crippen LogP contribution in [0, 0.1) is 11.3 Å². The van der Waals surface area contributed by atoms with Gasteiger partial charge in [0.2, 0.25) is 0 Å². The van der Waals surface area contributed by atoms with Gasteiger partial charge >= 0.3 is 0 Å². The van der Waals surface area contributed by atoms with Crippen LogP contribution in [0.1, 0.15) is 27.7 Å². The van der Waals surface area contributed by atoms with Gasteiger partial charge in [-0.05, 0) is 22.9 Å². The lowest BCUT2D eigenvalue weighted by Gasteiger charge is -2.29. The van der Waals surface area contributed by atoms with E-state index in [1.54, 1.807) is 0 Å². The largest absolute Gasteiger partial charge is 0.383 e. The molecule has 0 aliphatic rings. The van der Waals surface area contributed by atoms with Crippen molar-refractivity contribution in [2.24, 2.45) is 11.3 Å². The third kappa shape index (κ3) is 2.87. The quantitative estimate of drug-likeness (QED) is 0.808. The second-order valence-electron chi connectivity index (χ2n) is 4.61. The molecule has 0 saturated carbocycles. The van der Waals surface area contributed by atoms with E-state index in [0.29, 0.717) is 17.2 Å². The van der Waals surface area contributed by atoms with E-state index >= 15 is 0 Å². The van der Waals surface area contributed by atoms with Crippen molar-refractivity contribution in [3.8, 4) is 0 Å². The maximum Gasteiger partial charge on any atom is 0.139 e. The van der Waals surface area contributed by atoms with Crippen LogP contribution in [0.25, 0.3) is 0 Å². The Hall–Kier alpha value is -0.770. The lowest BCUT2D eigenvalue weighted by atomic mass is 9.81. The first-order valence-corrected chi connectivity index (χ1v) is 5.65. The van der Waals surface area contributed by atoms with Gasteiger partial charge in [-0.1, -0.05) is 27.7 Å². The fourth-order valence-corrected chi connectivity index (χ4v) is 1.46. The van der Waals surface area contributed by atoms with E-state index in [0.717, 1.165) is 11.5 Å². The highest BCUT2D eigenvalue weighted by Gasteiger charge is 2.21. The second-order valence-corrected chi connectivity index (χ2v) is 5.42. The topological polar surface area (TPSA) is 50.9 Å². The average Bonchev–Trinajstić information content (AvgIpc) is 2.48. The molecule has 0 bridgehead atoms. The maximum absolute atomic E-state index is 5.54. The highest BCUT2D eigenvalue weighted by Crippen LogP contribution is 2.27. The predicted octanol–water partition coefficient (Wildman–Crippen LogP) is 2.82. The predicted molar refractivity (Wildman–Crippen MR) is 63.6 cm³/mol. The molecule has 0 atom stereocenters. The molecule has 80 valence electrons. The average molecular weight is 213 g/mol. The molecule has 0 saturated heterocycles. The van der Waals surface area contributed by atoms with Gasteiger partial charge in [-0.25, -0.2) is 0 Å². The number of aromatic nitrogens is 1. The highest BCUT2D eigenvalue weighted by atomic mass is 32.1. The molecule has 0 aliphatic carbocycles. The molecule has 0 fully saturated rings. The Morgan fingerprint density at radius 2 is 2.21 bits per heavy atom. The molecule has 1 aromatic rings. The Morgan fingerprint density at radius 3 is 2.64 bits per heavy atom. The minimum absolute atomic E-state index is 0.290. The van der Waals surface area contributed by atoms with Crippen LogP contribution in [0.4, 0.5) is 10.8 Å². The number of nitrogen functional groups attached to an aromatic ring is 1. The second kappa shape index (κ2) is 4.17. The van der Waals surface area contributed by atoms with Gasteiger partial charge in [-0.15, -0.1) is 0 Å². The van der Waals surface area contributed by atoms with Gasteiger partial charge in [0, 0.05) is 12.6 Å². The van der Waals surface area contributed by atoms with Crippen molar-refractivity contribution < 1.29 is 0 Å². The van der Waals surface area contributed by atoms with Crippen LogP contribution in [0.3, 0.4) is 0 Å². The third-order valence-electron chi connectivity index (χ3n) is 2.81. The van der Waals surface area contributed by atoms with Crippen molar-refractivity contribution in [1.29, 1.82) is 0 Å². The van der Waals surface area contributed by atoms with E-state index in [9.17, 15) is 0 Å². The minimum atomic E-state index is 0.290. The van der Waals surface area contributed by atoms with Crippen LogP contribution >= 0.6 is 11.5 Å². The lowest BCUT2D eigenvalue weighted by Crippen LogP contribution is -2.28. The zero-order chi connectivity index (χ0) is 10.8. The zero-order valence-corrected chi connectivity index (χ0v) is 10.1. The van der Waals surface area contributed by atoms with Crippen molar-refractivity contribution in [1.82, 2.24) is 4.37 Å². The van der Waals surface area contributed by atoms with Crippen LogP contribution in [0.2, 0.25) is 0 Å². The Morgan fingerprint density at radius 1 is 1.57 bits per heavy atom. The number of rotatable bonds is 4. The molecular formula is C10H19N3S. The van der Waals surface area contributed by atoms with E-state index in [-0.39, 0.29) is 0 Å². The molecule has 0 radical (unpaired) electrons. The molecular weight excluding hydrogens is 194 g/mol. The Bertz CT molecular complexity index is 291. The molecule has 0 aromatic carbocycles. The molecule has 3 N–H and O–H groups in total. The molecule has 0 aliphatic heterocycles. The van der Waals surface area contributed by atoms with Crippen molar-refractivity contribution in [3.05, 3.63) is 6.07 Å². The normalized spacial score (nSPS) is 12.1. The molecule has 4 heteroatoms. The molecule has 1 rings (SSSR count). The summed E-state index contributed by atoms with van der Waals surface area (Å²) in [6.45, 7) is 9.95. The van der Waals surface area contributed by atoms with Gasteiger partial charge in [0.05, 0.1) is 0 Å². The van der Waals surface area contributed by atoms with E-state index in [4.69, 9.17) is 5.73 Å². The van der Waals surface area contributed by atoms with Gasteiger partial charge in [0.25, 0.3) is 0 Å². The lowest BCUT2D eigenvalue weighted by molar-refractivity contribution is 0.270. The maximum atomic E-state index is 5.54. The van der Waals surface area contributed by atoms with Crippen molar-refractivity contribution >= 4 is 22.4 Å². The highest BCUT2D eigenvalue weighted by molar-refractivity contribution is 7.10. The van der Waals surface area contributed by atoms with Gasteiger partial charge in [0.15, 0.2) is 0 Å². The third-order valence-corrected chi connectivity index (χ3v) is 3.57. The molecule has 0 unspecified atom stereocenters. The van der Waals surface area contributed by atoms with Crippen LogP contribution < -0.4 is 11.1 Å². The Kier molecular flexibility index (Phi) is 3.37. The number of hydrogen-bond donors (Lipinski definition) is 2. The number of nitrogens with one attached hydrogen (secondary N) is 1. The summed E-state index contributed by atoms with van der Waals surface area (Å²) in [5, 5.41) is 4.42. The van der Waals surface area contributed by atoms with Gasteiger partial charge in [0.1, 0.15) is 10.8 Å². The van der Waals surface area contributed by atoms with E-state index in [1.807, 2.05) is 6.07 Å². The summed E-state index contributed by atoms with van der Waals surface area (Å²) in [5.41, 5.74) is 5.83. The molecule has 3 nitrogen and oxygen atoms in total. The van der Waals surface area contributed by atoms with E-state index < -0.39 is 0 Å². The molecule has 1 heterocycles. The number of nitrogens with zero attached hydrogens (tertiary/aromatic N) is 1.